The van der Waals surface area contributed by atoms with Crippen molar-refractivity contribution in [1.29, 1.82) is 5.26 Å². The lowest BCUT2D eigenvalue weighted by Crippen LogP contribution is -2.49. The molecule has 1 saturated heterocycles. The number of nitrogens with one attached hydrogen (secondary N) is 1. The van der Waals surface area contributed by atoms with Crippen LogP contribution in [0, 0.1) is 17.2 Å². The van der Waals surface area contributed by atoms with E-state index >= 15 is 0 Å². The Morgan fingerprint density at radius 2 is 2.50 bits per heavy atom. The Kier molecular flexibility index (Phi) is 3.13. The lowest BCUT2D eigenvalue weighted by Gasteiger charge is -2.35. The number of hydrogen-bond acceptors (Lipinski definition) is 5. The molecular weight excluding hydrogens is 208 g/mol. The summed E-state index contributed by atoms with van der Waals surface area (Å²) in [6, 6.07) is 1.89. The van der Waals surface area contributed by atoms with Gasteiger partial charge in [0.15, 0.2) is 0 Å². The molecule has 5 nitrogen and oxygen atoms in total. The maximum atomic E-state index is 11.4. The van der Waals surface area contributed by atoms with E-state index in [2.05, 4.69) is 16.1 Å². The van der Waals surface area contributed by atoms with Crippen molar-refractivity contribution in [1.82, 2.24) is 5.32 Å². The van der Waals surface area contributed by atoms with Crippen molar-refractivity contribution >= 4 is 5.97 Å². The number of carbonyl (C=O) groups is 1. The number of ether oxygens (including phenoxy) is 2. The topological polar surface area (TPSA) is 71.3 Å². The molecule has 1 heterocycles. The van der Waals surface area contributed by atoms with E-state index in [0.29, 0.717) is 13.0 Å². The van der Waals surface area contributed by atoms with Crippen LogP contribution in [0.3, 0.4) is 0 Å². The van der Waals surface area contributed by atoms with Crippen molar-refractivity contribution in [3.8, 4) is 6.07 Å². The predicted octanol–water partition coefficient (Wildman–Crippen LogP) is 0.558. The fraction of sp³-hybridized carbons (Fsp3) is 0.818. The van der Waals surface area contributed by atoms with E-state index in [1.165, 1.54) is 7.11 Å². The van der Waals surface area contributed by atoms with Crippen molar-refractivity contribution in [2.45, 2.75) is 37.5 Å². The molecule has 2 aliphatic rings. The fourth-order valence-electron chi connectivity index (χ4n) is 2.52. The second-order valence-corrected chi connectivity index (χ2v) is 4.45. The molecule has 0 amide bonds. The zero-order chi connectivity index (χ0) is 11.6. The number of methoxy groups -OCH3 is 1. The average Bonchev–Trinajstić information content (AvgIpc) is 2.72. The highest BCUT2D eigenvalue weighted by Crippen LogP contribution is 2.36. The van der Waals surface area contributed by atoms with Gasteiger partial charge in [-0.05, 0) is 19.3 Å². The average molecular weight is 224 g/mol. The molecule has 0 bridgehead atoms. The summed E-state index contributed by atoms with van der Waals surface area (Å²) in [7, 11) is 1.37. The van der Waals surface area contributed by atoms with E-state index in [4.69, 9.17) is 10.00 Å². The van der Waals surface area contributed by atoms with Crippen LogP contribution in [0.15, 0.2) is 0 Å². The first-order chi connectivity index (χ1) is 7.69. The van der Waals surface area contributed by atoms with E-state index in [1.807, 2.05) is 0 Å². The van der Waals surface area contributed by atoms with Gasteiger partial charge in [-0.1, -0.05) is 0 Å². The van der Waals surface area contributed by atoms with Crippen LogP contribution in [-0.4, -0.2) is 31.5 Å². The number of carbonyl (C=O) groups excluding carboxylic acids is 1. The number of nitriles is 1. The van der Waals surface area contributed by atoms with E-state index in [0.717, 1.165) is 19.3 Å². The van der Waals surface area contributed by atoms with Crippen molar-refractivity contribution < 1.29 is 14.3 Å². The summed E-state index contributed by atoms with van der Waals surface area (Å²) in [6.07, 6.45) is 3.40. The Labute approximate surface area is 94.7 Å². The molecule has 88 valence electrons. The molecule has 3 atom stereocenters. The van der Waals surface area contributed by atoms with Gasteiger partial charge in [0.2, 0.25) is 0 Å². The van der Waals surface area contributed by atoms with E-state index in [1.54, 1.807) is 0 Å². The van der Waals surface area contributed by atoms with E-state index in [-0.39, 0.29) is 17.9 Å². The Hall–Kier alpha value is -1.12. The number of rotatable bonds is 1. The molecule has 16 heavy (non-hydrogen) atoms. The molecule has 1 saturated carbocycles. The molecular formula is C11H16N2O3. The second kappa shape index (κ2) is 4.40. The zero-order valence-electron chi connectivity index (χ0n) is 9.36. The first-order valence-corrected chi connectivity index (χ1v) is 5.58. The SMILES string of the molecule is COC(=O)C1COC2(CCCC(C#N)C2)N1. The monoisotopic (exact) mass is 224 g/mol. The van der Waals surface area contributed by atoms with Gasteiger partial charge >= 0.3 is 5.97 Å². The normalized spacial score (nSPS) is 38.2. The minimum absolute atomic E-state index is 0.0256. The largest absolute Gasteiger partial charge is 0.468 e. The van der Waals surface area contributed by atoms with Gasteiger partial charge < -0.3 is 9.47 Å². The molecule has 1 aliphatic heterocycles. The van der Waals surface area contributed by atoms with Gasteiger partial charge in [0.1, 0.15) is 11.8 Å². The molecule has 2 fully saturated rings. The molecule has 1 spiro atoms. The first-order valence-electron chi connectivity index (χ1n) is 5.58. The highest BCUT2D eigenvalue weighted by atomic mass is 16.5. The standard InChI is InChI=1S/C11H16N2O3/c1-15-10(14)9-7-16-11(13-9)4-2-3-8(5-11)6-12/h8-9,13H,2-5,7H2,1H3. The van der Waals surface area contributed by atoms with Crippen LogP contribution >= 0.6 is 0 Å². The van der Waals surface area contributed by atoms with Crippen LogP contribution in [0.1, 0.15) is 25.7 Å². The van der Waals surface area contributed by atoms with Crippen molar-refractivity contribution in [3.05, 3.63) is 0 Å². The van der Waals surface area contributed by atoms with Gasteiger partial charge in [0.25, 0.3) is 0 Å². The predicted molar refractivity (Wildman–Crippen MR) is 55.2 cm³/mol. The summed E-state index contributed by atoms with van der Waals surface area (Å²) >= 11 is 0. The molecule has 1 N–H and O–H groups in total. The van der Waals surface area contributed by atoms with Crippen LogP contribution in [-0.2, 0) is 14.3 Å². The molecule has 0 aromatic heterocycles. The Balaban J connectivity index is 2.00. The first kappa shape index (κ1) is 11.4. The maximum absolute atomic E-state index is 11.4. The van der Waals surface area contributed by atoms with Gasteiger partial charge in [-0.25, -0.2) is 0 Å². The van der Waals surface area contributed by atoms with Gasteiger partial charge in [0.05, 0.1) is 25.7 Å². The minimum atomic E-state index is -0.475. The third-order valence-corrected chi connectivity index (χ3v) is 3.34. The Morgan fingerprint density at radius 3 is 3.19 bits per heavy atom. The zero-order valence-corrected chi connectivity index (χ0v) is 9.36. The summed E-state index contributed by atoms with van der Waals surface area (Å²) in [5, 5.41) is 12.1. The van der Waals surface area contributed by atoms with Crippen molar-refractivity contribution in [2.75, 3.05) is 13.7 Å². The summed E-state index contributed by atoms with van der Waals surface area (Å²) in [4.78, 5) is 11.4. The van der Waals surface area contributed by atoms with E-state index < -0.39 is 5.72 Å². The van der Waals surface area contributed by atoms with E-state index in [9.17, 15) is 4.79 Å². The van der Waals surface area contributed by atoms with Gasteiger partial charge in [-0.3, -0.25) is 10.1 Å². The lowest BCUT2D eigenvalue weighted by atomic mass is 9.84. The molecule has 0 aromatic carbocycles. The van der Waals surface area contributed by atoms with Crippen molar-refractivity contribution in [3.63, 3.8) is 0 Å². The lowest BCUT2D eigenvalue weighted by molar-refractivity contribution is -0.142. The van der Waals surface area contributed by atoms with Crippen LogP contribution in [0.2, 0.25) is 0 Å². The number of nitrogens with zero attached hydrogens (tertiary/aromatic N) is 1. The third kappa shape index (κ3) is 2.04. The van der Waals surface area contributed by atoms with Crippen LogP contribution < -0.4 is 5.32 Å². The second-order valence-electron chi connectivity index (χ2n) is 4.45. The Morgan fingerprint density at radius 1 is 1.69 bits per heavy atom. The summed E-state index contributed by atoms with van der Waals surface area (Å²) in [5.41, 5.74) is -0.475. The summed E-state index contributed by atoms with van der Waals surface area (Å²) < 4.78 is 10.4. The molecule has 0 aromatic rings. The molecule has 1 aliphatic carbocycles. The van der Waals surface area contributed by atoms with Crippen molar-refractivity contribution in [2.24, 2.45) is 5.92 Å². The number of esters is 1. The molecule has 0 radical (unpaired) electrons. The Bertz CT molecular complexity index is 326. The highest BCUT2D eigenvalue weighted by Gasteiger charge is 2.45. The smallest absolute Gasteiger partial charge is 0.325 e. The van der Waals surface area contributed by atoms with Gasteiger partial charge in [0, 0.05) is 6.42 Å². The molecule has 5 heteroatoms. The van der Waals surface area contributed by atoms with Crippen LogP contribution in [0.4, 0.5) is 0 Å². The third-order valence-electron chi connectivity index (χ3n) is 3.34. The maximum Gasteiger partial charge on any atom is 0.325 e. The van der Waals surface area contributed by atoms with Gasteiger partial charge in [-0.2, -0.15) is 5.26 Å². The van der Waals surface area contributed by atoms with Crippen LogP contribution in [0.5, 0.6) is 0 Å². The summed E-state index contributed by atoms with van der Waals surface area (Å²) in [5.74, 6) is -0.270. The fourth-order valence-corrected chi connectivity index (χ4v) is 2.52. The minimum Gasteiger partial charge on any atom is -0.468 e. The highest BCUT2D eigenvalue weighted by molar-refractivity contribution is 5.76. The summed E-state index contributed by atoms with van der Waals surface area (Å²) in [6.45, 7) is 0.338. The van der Waals surface area contributed by atoms with Gasteiger partial charge in [-0.15, -0.1) is 0 Å². The quantitative estimate of drug-likeness (QED) is 0.659. The molecule has 3 unspecified atom stereocenters. The number of hydrogen-bond donors (Lipinski definition) is 1. The van der Waals surface area contributed by atoms with Crippen LogP contribution in [0.25, 0.3) is 0 Å². The molecule has 2 rings (SSSR count).